The van der Waals surface area contributed by atoms with Crippen LogP contribution in [-0.4, -0.2) is 38.3 Å². The first-order valence-electron chi connectivity index (χ1n) is 8.93. The summed E-state index contributed by atoms with van der Waals surface area (Å²) in [5.74, 6) is 0.529. The second-order valence-corrected chi connectivity index (χ2v) is 5.97. The van der Waals surface area contributed by atoms with Gasteiger partial charge in [-0.1, -0.05) is 25.1 Å². The van der Waals surface area contributed by atoms with Crippen LogP contribution in [0.25, 0.3) is 0 Å². The van der Waals surface area contributed by atoms with E-state index in [1.165, 1.54) is 21.1 Å². The first-order chi connectivity index (χ1) is 13.5. The zero-order chi connectivity index (χ0) is 20.5. The molecule has 2 atom stereocenters. The topological polar surface area (TPSA) is 83.1 Å². The third kappa shape index (κ3) is 5.64. The van der Waals surface area contributed by atoms with E-state index in [1.54, 1.807) is 30.3 Å². The summed E-state index contributed by atoms with van der Waals surface area (Å²) in [4.78, 5) is 24.7. The Hall–Kier alpha value is -3.22. The molecule has 2 aromatic rings. The molecule has 0 saturated heterocycles. The molecule has 0 bridgehead atoms. The normalized spacial score (nSPS) is 12.4. The smallest absolute Gasteiger partial charge is 0.348 e. The Morgan fingerprint density at radius 2 is 1.68 bits per heavy atom. The summed E-state index contributed by atoms with van der Waals surface area (Å²) in [5.41, 5.74) is 0.498. The number of esters is 1. The van der Waals surface area contributed by atoms with Crippen LogP contribution in [0.5, 0.6) is 17.2 Å². The fraction of sp³-hybridized carbons (Fsp3) is 0.333. The monoisotopic (exact) mass is 387 g/mol. The second kappa shape index (κ2) is 10.2. The molecule has 150 valence electrons. The van der Waals surface area contributed by atoms with Gasteiger partial charge in [-0.15, -0.1) is 0 Å². The average molecular weight is 387 g/mol. The van der Waals surface area contributed by atoms with Crippen LogP contribution in [0.1, 0.15) is 20.3 Å². The molecule has 0 saturated carbocycles. The van der Waals surface area contributed by atoms with Crippen LogP contribution in [0.15, 0.2) is 48.5 Å². The van der Waals surface area contributed by atoms with Crippen LogP contribution in [0.3, 0.4) is 0 Å². The van der Waals surface area contributed by atoms with Gasteiger partial charge in [0.05, 0.1) is 14.2 Å². The largest absolute Gasteiger partial charge is 0.493 e. The maximum absolute atomic E-state index is 12.4. The third-order valence-corrected chi connectivity index (χ3v) is 3.97. The number of amides is 1. The molecule has 28 heavy (non-hydrogen) atoms. The lowest BCUT2D eigenvalue weighted by atomic mass is 10.2. The van der Waals surface area contributed by atoms with E-state index in [0.717, 1.165) is 0 Å². The number of nitrogens with one attached hydrogen (secondary N) is 1. The Morgan fingerprint density at radius 3 is 2.29 bits per heavy atom. The zero-order valence-corrected chi connectivity index (χ0v) is 16.4. The van der Waals surface area contributed by atoms with Crippen molar-refractivity contribution in [1.29, 1.82) is 0 Å². The Morgan fingerprint density at radius 1 is 1.00 bits per heavy atom. The molecule has 0 aliphatic heterocycles. The summed E-state index contributed by atoms with van der Waals surface area (Å²) < 4.78 is 21.3. The third-order valence-electron chi connectivity index (χ3n) is 3.97. The van der Waals surface area contributed by atoms with Crippen LogP contribution in [0, 0.1) is 0 Å². The van der Waals surface area contributed by atoms with Gasteiger partial charge in [-0.05, 0) is 37.6 Å². The van der Waals surface area contributed by atoms with Crippen LogP contribution in [0.2, 0.25) is 0 Å². The van der Waals surface area contributed by atoms with Crippen molar-refractivity contribution < 1.29 is 28.5 Å². The Kier molecular flexibility index (Phi) is 7.68. The number of rotatable bonds is 9. The zero-order valence-electron chi connectivity index (χ0n) is 16.4. The number of para-hydroxylation sites is 1. The van der Waals surface area contributed by atoms with Crippen molar-refractivity contribution in [3.8, 4) is 17.2 Å². The van der Waals surface area contributed by atoms with E-state index >= 15 is 0 Å². The summed E-state index contributed by atoms with van der Waals surface area (Å²) in [5, 5.41) is 2.69. The van der Waals surface area contributed by atoms with E-state index < -0.39 is 24.1 Å². The number of hydrogen-bond acceptors (Lipinski definition) is 6. The first-order valence-corrected chi connectivity index (χ1v) is 8.93. The van der Waals surface area contributed by atoms with Crippen molar-refractivity contribution in [1.82, 2.24) is 0 Å². The summed E-state index contributed by atoms with van der Waals surface area (Å²) >= 11 is 0. The van der Waals surface area contributed by atoms with Crippen LogP contribution < -0.4 is 19.5 Å². The average Bonchev–Trinajstić information content (AvgIpc) is 2.72. The molecule has 0 aliphatic rings. The Labute approximate surface area is 164 Å². The Bertz CT molecular complexity index is 793. The lowest BCUT2D eigenvalue weighted by Crippen LogP contribution is -2.36. The molecule has 7 heteroatoms. The number of hydrogen-bond donors (Lipinski definition) is 1. The van der Waals surface area contributed by atoms with Gasteiger partial charge < -0.3 is 24.3 Å². The van der Waals surface area contributed by atoms with Crippen molar-refractivity contribution in [2.45, 2.75) is 32.5 Å². The molecule has 0 fully saturated rings. The van der Waals surface area contributed by atoms with Gasteiger partial charge in [0.2, 0.25) is 0 Å². The maximum atomic E-state index is 12.4. The highest BCUT2D eigenvalue weighted by atomic mass is 16.6. The van der Waals surface area contributed by atoms with Crippen molar-refractivity contribution in [3.63, 3.8) is 0 Å². The second-order valence-electron chi connectivity index (χ2n) is 5.97. The van der Waals surface area contributed by atoms with E-state index in [4.69, 9.17) is 18.9 Å². The molecule has 2 aromatic carbocycles. The molecule has 0 spiro atoms. The van der Waals surface area contributed by atoms with Crippen LogP contribution in [-0.2, 0) is 14.3 Å². The van der Waals surface area contributed by atoms with Crippen LogP contribution >= 0.6 is 0 Å². The highest BCUT2D eigenvalue weighted by Gasteiger charge is 2.25. The highest BCUT2D eigenvalue weighted by Crippen LogP contribution is 2.29. The highest BCUT2D eigenvalue weighted by molar-refractivity contribution is 5.95. The van der Waals surface area contributed by atoms with E-state index in [2.05, 4.69) is 5.32 Å². The lowest BCUT2D eigenvalue weighted by molar-refractivity contribution is -0.160. The van der Waals surface area contributed by atoms with Gasteiger partial charge >= 0.3 is 5.97 Å². The minimum atomic E-state index is -0.992. The summed E-state index contributed by atoms with van der Waals surface area (Å²) in [6, 6.07) is 13.9. The van der Waals surface area contributed by atoms with Gasteiger partial charge in [0, 0.05) is 11.8 Å². The maximum Gasteiger partial charge on any atom is 0.348 e. The number of methoxy groups -OCH3 is 2. The molecule has 1 N–H and O–H groups in total. The quantitative estimate of drug-likeness (QED) is 0.664. The summed E-state index contributed by atoms with van der Waals surface area (Å²) in [6.45, 7) is 3.31. The van der Waals surface area contributed by atoms with Crippen molar-refractivity contribution >= 4 is 17.6 Å². The van der Waals surface area contributed by atoms with Gasteiger partial charge in [0.25, 0.3) is 5.91 Å². The van der Waals surface area contributed by atoms with Gasteiger partial charge in [-0.3, -0.25) is 4.79 Å². The number of anilines is 1. The SMILES string of the molecule is CC[C@H](Oc1ccccc1)C(=O)O[C@@H](C)C(=O)Nc1ccc(OC)c(OC)c1. The van der Waals surface area contributed by atoms with Gasteiger partial charge in [0.15, 0.2) is 23.7 Å². The minimum absolute atomic E-state index is 0.414. The van der Waals surface area contributed by atoms with E-state index in [0.29, 0.717) is 29.4 Å². The molecule has 0 aliphatic carbocycles. The summed E-state index contributed by atoms with van der Waals surface area (Å²) in [6.07, 6.45) is -1.37. The van der Waals surface area contributed by atoms with E-state index in [-0.39, 0.29) is 0 Å². The number of benzene rings is 2. The van der Waals surface area contributed by atoms with E-state index in [9.17, 15) is 9.59 Å². The molecule has 2 rings (SSSR count). The predicted octanol–water partition coefficient (Wildman–Crippen LogP) is 3.43. The standard InChI is InChI=1S/C21H25NO6/c1-5-17(28-16-9-7-6-8-10-16)21(24)27-14(2)20(23)22-15-11-12-18(25-3)19(13-15)26-4/h6-14,17H,5H2,1-4H3,(H,22,23)/t14-,17-/m0/s1. The molecule has 7 nitrogen and oxygen atoms in total. The molecule has 0 unspecified atom stereocenters. The van der Waals surface area contributed by atoms with Crippen molar-refractivity contribution in [3.05, 3.63) is 48.5 Å². The molecule has 0 heterocycles. The first kappa shape index (κ1) is 21.1. The number of carbonyl (C=O) groups is 2. The predicted molar refractivity (Wildman–Crippen MR) is 105 cm³/mol. The fourth-order valence-electron chi connectivity index (χ4n) is 2.42. The molecular weight excluding hydrogens is 362 g/mol. The van der Waals surface area contributed by atoms with Crippen LogP contribution in [0.4, 0.5) is 5.69 Å². The Balaban J connectivity index is 1.96. The van der Waals surface area contributed by atoms with Crippen molar-refractivity contribution in [2.75, 3.05) is 19.5 Å². The molecule has 0 aromatic heterocycles. The number of carbonyl (C=O) groups excluding carboxylic acids is 2. The van der Waals surface area contributed by atoms with Gasteiger partial charge in [0.1, 0.15) is 5.75 Å². The molecule has 0 radical (unpaired) electrons. The van der Waals surface area contributed by atoms with Gasteiger partial charge in [-0.25, -0.2) is 4.79 Å². The minimum Gasteiger partial charge on any atom is -0.493 e. The lowest BCUT2D eigenvalue weighted by Gasteiger charge is -2.19. The number of ether oxygens (including phenoxy) is 4. The summed E-state index contributed by atoms with van der Waals surface area (Å²) in [7, 11) is 3.03. The van der Waals surface area contributed by atoms with Crippen molar-refractivity contribution in [2.24, 2.45) is 0 Å². The molecular formula is C21H25NO6. The molecule has 1 amide bonds. The van der Waals surface area contributed by atoms with E-state index in [1.807, 2.05) is 25.1 Å². The van der Waals surface area contributed by atoms with Gasteiger partial charge in [-0.2, -0.15) is 0 Å². The fourth-order valence-corrected chi connectivity index (χ4v) is 2.42.